The van der Waals surface area contributed by atoms with Crippen LogP contribution in [0.15, 0.2) is 36.5 Å². The second-order valence-corrected chi connectivity index (χ2v) is 7.60. The Kier molecular flexibility index (Phi) is 4.82. The second-order valence-electron chi connectivity index (χ2n) is 6.37. The predicted octanol–water partition coefficient (Wildman–Crippen LogP) is 5.23. The first kappa shape index (κ1) is 17.7. The van der Waals surface area contributed by atoms with E-state index in [9.17, 15) is 0 Å². The average Bonchev–Trinajstić information content (AvgIpc) is 2.66. The van der Waals surface area contributed by atoms with E-state index in [0.717, 1.165) is 54.0 Å². The predicted molar refractivity (Wildman–Crippen MR) is 110 cm³/mol. The molecule has 0 radical (unpaired) electrons. The topological polar surface area (TPSA) is 32.3 Å². The van der Waals surface area contributed by atoms with Crippen LogP contribution in [0.5, 0.6) is 0 Å². The number of nitrogens with zero attached hydrogens (tertiary/aromatic N) is 4. The van der Waals surface area contributed by atoms with Gasteiger partial charge in [0, 0.05) is 47.3 Å². The van der Waals surface area contributed by atoms with Crippen molar-refractivity contribution in [2.45, 2.75) is 6.92 Å². The normalized spacial score (nSPS) is 14.9. The third-order valence-electron chi connectivity index (χ3n) is 4.85. The molecular weight excluding hydrogens is 391 g/mol. The zero-order chi connectivity index (χ0) is 18.3. The van der Waals surface area contributed by atoms with Crippen LogP contribution in [0, 0.1) is 6.92 Å². The summed E-state index contributed by atoms with van der Waals surface area (Å²) in [4.78, 5) is 4.62. The van der Waals surface area contributed by atoms with Crippen molar-refractivity contribution in [2.75, 3.05) is 36.0 Å². The highest BCUT2D eigenvalue weighted by atomic mass is 35.5. The Labute approximate surface area is 167 Å². The van der Waals surface area contributed by atoms with Gasteiger partial charge < -0.3 is 9.80 Å². The summed E-state index contributed by atoms with van der Waals surface area (Å²) in [6.45, 7) is 5.42. The van der Waals surface area contributed by atoms with E-state index >= 15 is 0 Å². The Morgan fingerprint density at radius 3 is 2.23 bits per heavy atom. The van der Waals surface area contributed by atoms with Gasteiger partial charge in [-0.25, -0.2) is 0 Å². The molecule has 1 aliphatic rings. The minimum atomic E-state index is 0.624. The summed E-state index contributed by atoms with van der Waals surface area (Å²) in [5.41, 5.74) is 3.79. The van der Waals surface area contributed by atoms with Crippen molar-refractivity contribution in [3.63, 3.8) is 0 Å². The molecule has 4 rings (SSSR count). The van der Waals surface area contributed by atoms with Crippen molar-refractivity contribution in [3.8, 4) is 0 Å². The van der Waals surface area contributed by atoms with Crippen molar-refractivity contribution in [1.82, 2.24) is 10.2 Å². The lowest BCUT2D eigenvalue weighted by atomic mass is 10.1. The highest BCUT2D eigenvalue weighted by Gasteiger charge is 2.21. The van der Waals surface area contributed by atoms with Crippen LogP contribution in [0.25, 0.3) is 10.9 Å². The molecule has 0 aliphatic carbocycles. The summed E-state index contributed by atoms with van der Waals surface area (Å²) < 4.78 is 0. The van der Waals surface area contributed by atoms with Gasteiger partial charge in [-0.05, 0) is 30.7 Å². The van der Waals surface area contributed by atoms with Crippen LogP contribution in [-0.2, 0) is 0 Å². The minimum Gasteiger partial charge on any atom is -0.368 e. The first-order valence-electron chi connectivity index (χ1n) is 8.40. The van der Waals surface area contributed by atoms with E-state index in [-0.39, 0.29) is 0 Å². The molecule has 134 valence electrons. The molecule has 1 aliphatic heterocycles. The van der Waals surface area contributed by atoms with Gasteiger partial charge in [-0.3, -0.25) is 0 Å². The Balaban J connectivity index is 1.57. The van der Waals surface area contributed by atoms with Crippen LogP contribution in [0.2, 0.25) is 15.1 Å². The number of fused-ring (bicyclic) bond motifs is 1. The van der Waals surface area contributed by atoms with Crippen molar-refractivity contribution in [2.24, 2.45) is 0 Å². The van der Waals surface area contributed by atoms with Crippen molar-refractivity contribution >= 4 is 57.1 Å². The smallest absolute Gasteiger partial charge is 0.114 e. The lowest BCUT2D eigenvalue weighted by Crippen LogP contribution is -2.46. The maximum absolute atomic E-state index is 6.29. The number of piperazine rings is 1. The van der Waals surface area contributed by atoms with E-state index in [1.54, 1.807) is 0 Å². The molecule has 2 heterocycles. The highest BCUT2D eigenvalue weighted by molar-refractivity contribution is 6.36. The number of halogens is 3. The first-order chi connectivity index (χ1) is 12.5. The molecular formula is C19H17Cl3N4. The highest BCUT2D eigenvalue weighted by Crippen LogP contribution is 2.32. The van der Waals surface area contributed by atoms with Crippen molar-refractivity contribution < 1.29 is 0 Å². The molecule has 2 aromatic carbocycles. The summed E-state index contributed by atoms with van der Waals surface area (Å²) in [5, 5.41) is 11.4. The Morgan fingerprint density at radius 2 is 1.54 bits per heavy atom. The van der Waals surface area contributed by atoms with Crippen LogP contribution < -0.4 is 9.80 Å². The summed E-state index contributed by atoms with van der Waals surface area (Å²) in [6.07, 6.45) is 1.81. The van der Waals surface area contributed by atoms with Crippen LogP contribution in [0.1, 0.15) is 5.56 Å². The van der Waals surface area contributed by atoms with E-state index < -0.39 is 0 Å². The number of hydrogen-bond acceptors (Lipinski definition) is 4. The van der Waals surface area contributed by atoms with Crippen LogP contribution >= 0.6 is 34.8 Å². The zero-order valence-corrected chi connectivity index (χ0v) is 16.5. The molecule has 0 amide bonds. The van der Waals surface area contributed by atoms with E-state index in [0.29, 0.717) is 15.1 Å². The minimum absolute atomic E-state index is 0.624. The quantitative estimate of drug-likeness (QED) is 0.582. The summed E-state index contributed by atoms with van der Waals surface area (Å²) in [7, 11) is 0. The monoisotopic (exact) mass is 406 g/mol. The first-order valence-corrected chi connectivity index (χ1v) is 9.53. The number of hydrogen-bond donors (Lipinski definition) is 0. The molecule has 0 bridgehead atoms. The van der Waals surface area contributed by atoms with Crippen LogP contribution in [0.3, 0.4) is 0 Å². The van der Waals surface area contributed by atoms with E-state index in [1.807, 2.05) is 43.5 Å². The fourth-order valence-electron chi connectivity index (χ4n) is 3.31. The molecule has 0 saturated carbocycles. The third kappa shape index (κ3) is 3.18. The standard InChI is InChI=1S/C19H17Cl3N4/c1-12-16(21)9-13(10-17(12)22)25-5-7-26(8-6-25)18-11-23-24-19-14(18)3-2-4-15(19)20/h2-4,9-11H,5-8H2,1H3. The van der Waals surface area contributed by atoms with Gasteiger partial charge in [0.2, 0.25) is 0 Å². The molecule has 1 saturated heterocycles. The van der Waals surface area contributed by atoms with Gasteiger partial charge in [0.1, 0.15) is 5.52 Å². The number of aromatic nitrogens is 2. The molecule has 3 aromatic rings. The largest absolute Gasteiger partial charge is 0.368 e. The fourth-order valence-corrected chi connectivity index (χ4v) is 3.99. The Bertz CT molecular complexity index is 945. The maximum Gasteiger partial charge on any atom is 0.114 e. The SMILES string of the molecule is Cc1c(Cl)cc(N2CCN(c3cnnc4c(Cl)cccc34)CC2)cc1Cl. The lowest BCUT2D eigenvalue weighted by Gasteiger charge is -2.37. The molecule has 0 atom stereocenters. The molecule has 1 fully saturated rings. The molecule has 0 unspecified atom stereocenters. The molecule has 4 nitrogen and oxygen atoms in total. The molecule has 0 N–H and O–H groups in total. The molecule has 7 heteroatoms. The zero-order valence-electron chi connectivity index (χ0n) is 14.2. The van der Waals surface area contributed by atoms with Gasteiger partial charge in [0.15, 0.2) is 0 Å². The van der Waals surface area contributed by atoms with Crippen LogP contribution in [0.4, 0.5) is 11.4 Å². The number of rotatable bonds is 2. The van der Waals surface area contributed by atoms with E-state index in [1.165, 1.54) is 0 Å². The molecule has 0 spiro atoms. The van der Waals surface area contributed by atoms with Crippen molar-refractivity contribution in [1.29, 1.82) is 0 Å². The average molecular weight is 408 g/mol. The molecule has 26 heavy (non-hydrogen) atoms. The number of benzene rings is 2. The maximum atomic E-state index is 6.29. The second kappa shape index (κ2) is 7.10. The Morgan fingerprint density at radius 1 is 0.885 bits per heavy atom. The van der Waals surface area contributed by atoms with E-state index in [2.05, 4.69) is 20.0 Å². The summed E-state index contributed by atoms with van der Waals surface area (Å²) in [6, 6.07) is 9.80. The van der Waals surface area contributed by atoms with Gasteiger partial charge >= 0.3 is 0 Å². The summed E-state index contributed by atoms with van der Waals surface area (Å²) >= 11 is 18.8. The van der Waals surface area contributed by atoms with Gasteiger partial charge in [0.05, 0.1) is 16.9 Å². The third-order valence-corrected chi connectivity index (χ3v) is 5.94. The summed E-state index contributed by atoms with van der Waals surface area (Å²) in [5.74, 6) is 0. The van der Waals surface area contributed by atoms with Gasteiger partial charge in [-0.15, -0.1) is 5.10 Å². The van der Waals surface area contributed by atoms with E-state index in [4.69, 9.17) is 34.8 Å². The van der Waals surface area contributed by atoms with Crippen molar-refractivity contribution in [3.05, 3.63) is 57.2 Å². The molecule has 1 aromatic heterocycles. The lowest BCUT2D eigenvalue weighted by molar-refractivity contribution is 0.653. The van der Waals surface area contributed by atoms with Gasteiger partial charge in [-0.1, -0.05) is 46.9 Å². The van der Waals surface area contributed by atoms with Gasteiger partial charge in [0.25, 0.3) is 0 Å². The van der Waals surface area contributed by atoms with Crippen LogP contribution in [-0.4, -0.2) is 36.4 Å². The Hall–Kier alpha value is -1.75. The fraction of sp³-hybridized carbons (Fsp3) is 0.263. The van der Waals surface area contributed by atoms with Gasteiger partial charge in [-0.2, -0.15) is 5.10 Å². The number of anilines is 2.